The first kappa shape index (κ1) is 14.9. The molecule has 5 nitrogen and oxygen atoms in total. The first-order chi connectivity index (χ1) is 9.12. The van der Waals surface area contributed by atoms with E-state index in [1.54, 1.807) is 11.4 Å². The Morgan fingerprint density at radius 3 is 3.05 bits per heavy atom. The molecule has 7 heteroatoms. The van der Waals surface area contributed by atoms with Crippen molar-refractivity contribution < 1.29 is 13.2 Å². The van der Waals surface area contributed by atoms with Crippen LogP contribution in [0.5, 0.6) is 0 Å². The molecule has 1 unspecified atom stereocenters. The van der Waals surface area contributed by atoms with E-state index < -0.39 is 10.0 Å². The topological polar surface area (TPSA) is 67.4 Å². The van der Waals surface area contributed by atoms with Crippen LogP contribution in [0.4, 0.5) is 0 Å². The van der Waals surface area contributed by atoms with E-state index in [9.17, 15) is 8.42 Å². The van der Waals surface area contributed by atoms with E-state index >= 15 is 0 Å². The molecule has 108 valence electrons. The van der Waals surface area contributed by atoms with E-state index in [0.717, 1.165) is 24.4 Å². The van der Waals surface area contributed by atoms with Crippen LogP contribution < -0.4 is 10.0 Å². The van der Waals surface area contributed by atoms with Gasteiger partial charge in [-0.15, -0.1) is 11.3 Å². The van der Waals surface area contributed by atoms with Crippen molar-refractivity contribution in [3.05, 3.63) is 16.3 Å². The summed E-state index contributed by atoms with van der Waals surface area (Å²) in [5.41, 5.74) is 0. The lowest BCUT2D eigenvalue weighted by atomic mass is 10.1. The van der Waals surface area contributed by atoms with Gasteiger partial charge in [0.1, 0.15) is 0 Å². The number of thiophene rings is 1. The van der Waals surface area contributed by atoms with E-state index in [-0.39, 0.29) is 0 Å². The van der Waals surface area contributed by atoms with Crippen molar-refractivity contribution in [3.63, 3.8) is 0 Å². The maximum absolute atomic E-state index is 12.1. The number of hydrogen-bond donors (Lipinski definition) is 2. The number of nitrogens with one attached hydrogen (secondary N) is 2. The van der Waals surface area contributed by atoms with Crippen LogP contribution in [0.2, 0.25) is 0 Å². The number of hydrogen-bond acceptors (Lipinski definition) is 5. The van der Waals surface area contributed by atoms with E-state index in [1.807, 2.05) is 6.92 Å². The van der Waals surface area contributed by atoms with Crippen LogP contribution in [0.25, 0.3) is 0 Å². The summed E-state index contributed by atoms with van der Waals surface area (Å²) in [5, 5.41) is 4.88. The molecular weight excluding hydrogens is 284 g/mol. The minimum absolute atomic E-state index is 0.301. The highest BCUT2D eigenvalue weighted by molar-refractivity contribution is 7.89. The molecule has 2 N–H and O–H groups in total. The maximum Gasteiger partial charge on any atom is 0.241 e. The van der Waals surface area contributed by atoms with Crippen LogP contribution in [0.3, 0.4) is 0 Å². The highest BCUT2D eigenvalue weighted by atomic mass is 32.2. The van der Waals surface area contributed by atoms with Crippen LogP contribution >= 0.6 is 11.3 Å². The van der Waals surface area contributed by atoms with Crippen LogP contribution in [0.1, 0.15) is 18.2 Å². The third-order valence-electron chi connectivity index (χ3n) is 3.08. The molecule has 1 aliphatic heterocycles. The van der Waals surface area contributed by atoms with Gasteiger partial charge in [-0.1, -0.05) is 6.92 Å². The van der Waals surface area contributed by atoms with Crippen molar-refractivity contribution in [3.8, 4) is 0 Å². The number of rotatable bonds is 7. The molecule has 0 aromatic carbocycles. The molecule has 1 aromatic heterocycles. The Morgan fingerprint density at radius 1 is 1.53 bits per heavy atom. The second-order valence-corrected chi connectivity index (χ2v) is 7.37. The Kier molecular flexibility index (Phi) is 5.35. The normalized spacial score (nSPS) is 19.9. The summed E-state index contributed by atoms with van der Waals surface area (Å²) in [5.74, 6) is 0.301. The molecule has 1 atom stereocenters. The third-order valence-corrected chi connectivity index (χ3v) is 5.56. The molecule has 1 aliphatic rings. The molecule has 0 saturated carbocycles. The van der Waals surface area contributed by atoms with Crippen molar-refractivity contribution in [2.75, 3.05) is 26.3 Å². The van der Waals surface area contributed by atoms with E-state index in [2.05, 4.69) is 10.0 Å². The molecule has 0 aliphatic carbocycles. The van der Waals surface area contributed by atoms with Crippen molar-refractivity contribution in [2.45, 2.75) is 24.8 Å². The molecule has 19 heavy (non-hydrogen) atoms. The monoisotopic (exact) mass is 304 g/mol. The maximum atomic E-state index is 12.1. The van der Waals surface area contributed by atoms with Gasteiger partial charge in [0, 0.05) is 30.0 Å². The summed E-state index contributed by atoms with van der Waals surface area (Å²) in [6.45, 7) is 5.46. The standard InChI is InChI=1S/C12H20N2O3S2/c1-2-13-7-11-5-12(9-18-11)19(15,16)14-6-10-3-4-17-8-10/h5,9-10,13-14H,2-4,6-8H2,1H3. The van der Waals surface area contributed by atoms with Crippen LogP contribution in [0.15, 0.2) is 16.3 Å². The summed E-state index contributed by atoms with van der Waals surface area (Å²) >= 11 is 1.47. The van der Waals surface area contributed by atoms with Gasteiger partial charge in [0.15, 0.2) is 0 Å². The molecule has 1 aromatic rings. The lowest BCUT2D eigenvalue weighted by Crippen LogP contribution is -2.29. The molecule has 0 spiro atoms. The zero-order chi connectivity index (χ0) is 13.7. The van der Waals surface area contributed by atoms with Gasteiger partial charge in [0.2, 0.25) is 10.0 Å². The zero-order valence-electron chi connectivity index (χ0n) is 11.0. The first-order valence-electron chi connectivity index (χ1n) is 6.47. The summed E-state index contributed by atoms with van der Waals surface area (Å²) in [6, 6.07) is 1.74. The van der Waals surface area contributed by atoms with Crippen LogP contribution in [0, 0.1) is 5.92 Å². The fourth-order valence-electron chi connectivity index (χ4n) is 1.90. The highest BCUT2D eigenvalue weighted by Crippen LogP contribution is 2.20. The van der Waals surface area contributed by atoms with Crippen molar-refractivity contribution >= 4 is 21.4 Å². The predicted molar refractivity (Wildman–Crippen MR) is 75.8 cm³/mol. The van der Waals surface area contributed by atoms with Crippen molar-refractivity contribution in [1.29, 1.82) is 0 Å². The van der Waals surface area contributed by atoms with Gasteiger partial charge in [-0.2, -0.15) is 0 Å². The van der Waals surface area contributed by atoms with Crippen LogP contribution in [-0.4, -0.2) is 34.7 Å². The predicted octanol–water partition coefficient (Wildman–Crippen LogP) is 1.17. The largest absolute Gasteiger partial charge is 0.381 e. The fourth-order valence-corrected chi connectivity index (χ4v) is 4.26. The first-order valence-corrected chi connectivity index (χ1v) is 8.83. The van der Waals surface area contributed by atoms with Gasteiger partial charge in [-0.05, 0) is 24.9 Å². The molecule has 0 radical (unpaired) electrons. The van der Waals surface area contributed by atoms with Crippen molar-refractivity contribution in [2.24, 2.45) is 5.92 Å². The minimum atomic E-state index is -3.37. The molecule has 1 saturated heterocycles. The van der Waals surface area contributed by atoms with Gasteiger partial charge in [0.25, 0.3) is 0 Å². The Labute approximate surface area is 118 Å². The second kappa shape index (κ2) is 6.81. The average Bonchev–Trinajstić information content (AvgIpc) is 3.05. The summed E-state index contributed by atoms with van der Waals surface area (Å²) in [4.78, 5) is 1.40. The zero-order valence-corrected chi connectivity index (χ0v) is 12.6. The van der Waals surface area contributed by atoms with Gasteiger partial charge in [0.05, 0.1) is 11.5 Å². The van der Waals surface area contributed by atoms with Gasteiger partial charge in [-0.3, -0.25) is 0 Å². The number of sulfonamides is 1. The van der Waals surface area contributed by atoms with E-state index in [4.69, 9.17) is 4.74 Å². The second-order valence-electron chi connectivity index (χ2n) is 4.61. The van der Waals surface area contributed by atoms with Crippen LogP contribution in [-0.2, 0) is 21.3 Å². The Bertz CT molecular complexity index is 493. The summed E-state index contributed by atoms with van der Waals surface area (Å²) in [6.07, 6.45) is 0.928. The molecule has 0 amide bonds. The average molecular weight is 304 g/mol. The molecule has 1 fully saturated rings. The molecular formula is C12H20N2O3S2. The molecule has 0 bridgehead atoms. The van der Waals surface area contributed by atoms with Crippen molar-refractivity contribution in [1.82, 2.24) is 10.0 Å². The molecule has 2 heterocycles. The smallest absolute Gasteiger partial charge is 0.241 e. The van der Waals surface area contributed by atoms with E-state index in [0.29, 0.717) is 30.5 Å². The Balaban J connectivity index is 1.92. The Morgan fingerprint density at radius 2 is 2.37 bits per heavy atom. The lowest BCUT2D eigenvalue weighted by molar-refractivity contribution is 0.186. The molecule has 2 rings (SSSR count). The summed E-state index contributed by atoms with van der Waals surface area (Å²) < 4.78 is 32.1. The number of ether oxygens (including phenoxy) is 1. The fraction of sp³-hybridized carbons (Fsp3) is 0.667. The van der Waals surface area contributed by atoms with Gasteiger partial charge >= 0.3 is 0 Å². The SMILES string of the molecule is CCNCc1cc(S(=O)(=O)NCC2CCOC2)cs1. The minimum Gasteiger partial charge on any atom is -0.381 e. The third kappa shape index (κ3) is 4.25. The highest BCUT2D eigenvalue weighted by Gasteiger charge is 2.21. The Hall–Kier alpha value is -0.470. The van der Waals surface area contributed by atoms with E-state index in [1.165, 1.54) is 11.3 Å². The lowest BCUT2D eigenvalue weighted by Gasteiger charge is -2.09. The van der Waals surface area contributed by atoms with Gasteiger partial charge < -0.3 is 10.1 Å². The quantitative estimate of drug-likeness (QED) is 0.793. The summed E-state index contributed by atoms with van der Waals surface area (Å²) in [7, 11) is -3.37. The van der Waals surface area contributed by atoms with Gasteiger partial charge in [-0.25, -0.2) is 13.1 Å².